The Morgan fingerprint density at radius 3 is 2.71 bits per heavy atom. The fourth-order valence-electron chi connectivity index (χ4n) is 4.67. The van der Waals surface area contributed by atoms with E-state index in [-0.39, 0.29) is 35.8 Å². The minimum absolute atomic E-state index is 0. The molecule has 1 amide bonds. The summed E-state index contributed by atoms with van der Waals surface area (Å²) in [5.41, 5.74) is 7.89. The SMILES string of the molecule is CCNC(=NCc1cccnc1N1CCCC(C(N)=O)C1)NC1CCN(c2ccccc2)C1.I. The molecule has 34 heavy (non-hydrogen) atoms. The highest BCUT2D eigenvalue weighted by atomic mass is 127. The Hall–Kier alpha value is -2.56. The molecule has 2 fully saturated rings. The second-order valence-electron chi connectivity index (χ2n) is 8.78. The standard InChI is InChI=1S/C25H35N7O.HI/c1-2-27-25(30-21-12-15-31(18-21)22-10-4-3-5-11-22)29-16-19-8-6-13-28-24(19)32-14-7-9-20(17-32)23(26)33;/h3-6,8,10-11,13,20-21H,2,7,9,12,14-18H2,1H3,(H2,26,33)(H2,27,29,30);1H. The van der Waals surface area contributed by atoms with Crippen LogP contribution in [0.5, 0.6) is 0 Å². The first-order valence-corrected chi connectivity index (χ1v) is 12.0. The maximum atomic E-state index is 11.7. The Balaban J connectivity index is 0.00000324. The first kappa shape index (κ1) is 26.1. The van der Waals surface area contributed by atoms with Crippen molar-refractivity contribution in [3.8, 4) is 0 Å². The van der Waals surface area contributed by atoms with Crippen molar-refractivity contribution in [1.82, 2.24) is 15.6 Å². The number of primary amides is 1. The Morgan fingerprint density at radius 2 is 1.94 bits per heavy atom. The first-order valence-electron chi connectivity index (χ1n) is 12.0. The summed E-state index contributed by atoms with van der Waals surface area (Å²) >= 11 is 0. The molecule has 2 saturated heterocycles. The number of aliphatic imine (C=N–C) groups is 1. The predicted octanol–water partition coefficient (Wildman–Crippen LogP) is 2.74. The van der Waals surface area contributed by atoms with Gasteiger partial charge in [-0.15, -0.1) is 24.0 Å². The lowest BCUT2D eigenvalue weighted by molar-refractivity contribution is -0.122. The second kappa shape index (κ2) is 12.8. The molecular weight excluding hydrogens is 541 g/mol. The number of carbonyl (C=O) groups is 1. The topological polar surface area (TPSA) is 98.9 Å². The van der Waals surface area contributed by atoms with Crippen LogP contribution in [-0.2, 0) is 11.3 Å². The molecule has 4 rings (SSSR count). The van der Waals surface area contributed by atoms with Crippen LogP contribution in [0.3, 0.4) is 0 Å². The fourth-order valence-corrected chi connectivity index (χ4v) is 4.67. The number of benzene rings is 1. The second-order valence-corrected chi connectivity index (χ2v) is 8.78. The average molecular weight is 578 g/mol. The highest BCUT2D eigenvalue weighted by Gasteiger charge is 2.26. The van der Waals surface area contributed by atoms with Gasteiger partial charge in [0.2, 0.25) is 5.91 Å². The van der Waals surface area contributed by atoms with E-state index >= 15 is 0 Å². The van der Waals surface area contributed by atoms with Gasteiger partial charge in [-0.1, -0.05) is 24.3 Å². The monoisotopic (exact) mass is 577 g/mol. The van der Waals surface area contributed by atoms with Crippen molar-refractivity contribution in [2.24, 2.45) is 16.6 Å². The van der Waals surface area contributed by atoms with E-state index in [9.17, 15) is 4.79 Å². The van der Waals surface area contributed by atoms with Gasteiger partial charge in [-0.05, 0) is 44.4 Å². The maximum absolute atomic E-state index is 11.7. The molecule has 1 aromatic heterocycles. The van der Waals surface area contributed by atoms with Gasteiger partial charge in [0.15, 0.2) is 5.96 Å². The molecule has 0 spiro atoms. The first-order chi connectivity index (χ1) is 16.1. The lowest BCUT2D eigenvalue weighted by Gasteiger charge is -2.33. The number of nitrogens with two attached hydrogens (primary N) is 1. The van der Waals surface area contributed by atoms with E-state index in [1.165, 1.54) is 5.69 Å². The number of amides is 1. The molecule has 3 heterocycles. The normalized spacial score (nSPS) is 20.6. The molecule has 184 valence electrons. The van der Waals surface area contributed by atoms with Gasteiger partial charge in [0.05, 0.1) is 12.5 Å². The molecule has 0 saturated carbocycles. The minimum atomic E-state index is -0.227. The van der Waals surface area contributed by atoms with Crippen LogP contribution >= 0.6 is 24.0 Å². The molecule has 0 bridgehead atoms. The van der Waals surface area contributed by atoms with Gasteiger partial charge in [0.1, 0.15) is 5.82 Å². The molecule has 8 nitrogen and oxygen atoms in total. The lowest BCUT2D eigenvalue weighted by atomic mass is 9.97. The van der Waals surface area contributed by atoms with E-state index in [0.717, 1.165) is 62.8 Å². The van der Waals surface area contributed by atoms with Crippen molar-refractivity contribution in [2.75, 3.05) is 42.5 Å². The maximum Gasteiger partial charge on any atom is 0.222 e. The van der Waals surface area contributed by atoms with E-state index in [0.29, 0.717) is 19.1 Å². The van der Waals surface area contributed by atoms with Crippen LogP contribution in [0.25, 0.3) is 0 Å². The third-order valence-electron chi connectivity index (χ3n) is 6.39. The summed E-state index contributed by atoms with van der Waals surface area (Å²) < 4.78 is 0. The molecule has 1 aromatic carbocycles. The van der Waals surface area contributed by atoms with Gasteiger partial charge in [-0.2, -0.15) is 0 Å². The summed E-state index contributed by atoms with van der Waals surface area (Å²) in [6.45, 7) is 6.89. The number of nitrogens with one attached hydrogen (secondary N) is 2. The van der Waals surface area contributed by atoms with Crippen molar-refractivity contribution >= 4 is 47.3 Å². The van der Waals surface area contributed by atoms with Crippen LogP contribution in [0, 0.1) is 5.92 Å². The number of nitrogens with zero attached hydrogens (tertiary/aromatic N) is 4. The number of para-hydroxylation sites is 1. The summed E-state index contributed by atoms with van der Waals surface area (Å²) in [4.78, 5) is 25.8. The van der Waals surface area contributed by atoms with Gasteiger partial charge >= 0.3 is 0 Å². The number of hydrogen-bond donors (Lipinski definition) is 3. The summed E-state index contributed by atoms with van der Waals surface area (Å²) in [5.74, 6) is 1.38. The zero-order valence-corrected chi connectivity index (χ0v) is 22.2. The van der Waals surface area contributed by atoms with E-state index in [2.05, 4.69) is 68.7 Å². The Morgan fingerprint density at radius 1 is 1.12 bits per heavy atom. The summed E-state index contributed by atoms with van der Waals surface area (Å²) in [6.07, 6.45) is 4.66. The highest BCUT2D eigenvalue weighted by Crippen LogP contribution is 2.25. The van der Waals surface area contributed by atoms with E-state index in [1.807, 2.05) is 6.07 Å². The van der Waals surface area contributed by atoms with Crippen molar-refractivity contribution in [3.63, 3.8) is 0 Å². The number of halogens is 1. The van der Waals surface area contributed by atoms with E-state index in [1.54, 1.807) is 6.20 Å². The average Bonchev–Trinajstić information content (AvgIpc) is 3.32. The number of rotatable bonds is 7. The van der Waals surface area contributed by atoms with Crippen molar-refractivity contribution < 1.29 is 4.79 Å². The molecule has 2 atom stereocenters. The minimum Gasteiger partial charge on any atom is -0.369 e. The van der Waals surface area contributed by atoms with Crippen LogP contribution in [0.2, 0.25) is 0 Å². The summed E-state index contributed by atoms with van der Waals surface area (Å²) in [7, 11) is 0. The molecule has 2 aliphatic heterocycles. The Kier molecular flexibility index (Phi) is 9.79. The number of anilines is 2. The smallest absolute Gasteiger partial charge is 0.222 e. The molecule has 4 N–H and O–H groups in total. The van der Waals surface area contributed by atoms with E-state index < -0.39 is 0 Å². The van der Waals surface area contributed by atoms with Crippen LogP contribution < -0.4 is 26.2 Å². The number of hydrogen-bond acceptors (Lipinski definition) is 5. The van der Waals surface area contributed by atoms with Crippen LogP contribution in [0.15, 0.2) is 53.7 Å². The third-order valence-corrected chi connectivity index (χ3v) is 6.39. The zero-order valence-electron chi connectivity index (χ0n) is 19.8. The van der Waals surface area contributed by atoms with Crippen LogP contribution in [-0.4, -0.2) is 55.6 Å². The molecule has 2 unspecified atom stereocenters. The largest absolute Gasteiger partial charge is 0.369 e. The van der Waals surface area contributed by atoms with Gasteiger partial charge < -0.3 is 26.2 Å². The molecule has 9 heteroatoms. The molecule has 0 radical (unpaired) electrons. The van der Waals surface area contributed by atoms with Gasteiger partial charge in [-0.25, -0.2) is 9.98 Å². The number of pyridine rings is 1. The lowest BCUT2D eigenvalue weighted by Crippen LogP contribution is -2.44. The number of carbonyl (C=O) groups excluding carboxylic acids is 1. The molecule has 2 aromatic rings. The Labute approximate surface area is 219 Å². The third kappa shape index (κ3) is 6.74. The van der Waals surface area contributed by atoms with E-state index in [4.69, 9.17) is 10.7 Å². The Bertz CT molecular complexity index is 955. The number of aromatic nitrogens is 1. The van der Waals surface area contributed by atoms with Crippen molar-refractivity contribution in [3.05, 3.63) is 54.2 Å². The number of guanidine groups is 1. The van der Waals surface area contributed by atoms with Gasteiger partial charge in [-0.3, -0.25) is 4.79 Å². The van der Waals surface area contributed by atoms with Crippen molar-refractivity contribution in [2.45, 2.75) is 38.8 Å². The fraction of sp³-hybridized carbons (Fsp3) is 0.480. The number of piperidine rings is 1. The van der Waals surface area contributed by atoms with Crippen LogP contribution in [0.4, 0.5) is 11.5 Å². The quantitative estimate of drug-likeness (QED) is 0.266. The molecule has 0 aliphatic carbocycles. The zero-order chi connectivity index (χ0) is 23.0. The summed E-state index contributed by atoms with van der Waals surface area (Å²) in [5, 5.41) is 6.99. The van der Waals surface area contributed by atoms with Gasteiger partial charge in [0.25, 0.3) is 0 Å². The molecular formula is C25H36IN7O. The van der Waals surface area contributed by atoms with Gasteiger partial charge in [0, 0.05) is 56.2 Å². The molecule has 2 aliphatic rings. The highest BCUT2D eigenvalue weighted by molar-refractivity contribution is 14.0. The van der Waals surface area contributed by atoms with Crippen LogP contribution in [0.1, 0.15) is 31.7 Å². The predicted molar refractivity (Wildman–Crippen MR) is 149 cm³/mol. The van der Waals surface area contributed by atoms with Crippen molar-refractivity contribution in [1.29, 1.82) is 0 Å². The summed E-state index contributed by atoms with van der Waals surface area (Å²) in [6, 6.07) is 14.9.